The van der Waals surface area contributed by atoms with Gasteiger partial charge in [-0.15, -0.1) is 0 Å². The van der Waals surface area contributed by atoms with Crippen LogP contribution in [0.2, 0.25) is 0 Å². The highest BCUT2D eigenvalue weighted by Gasteiger charge is 2.09. The standard InChI is InChI=1S/C17H23N3O4S/c1-3-6-14(21)18-12-7-5-8-13(11-12)19-17(25)20-15(22)9-10-16(23)24-4-2/h5,7-8,11H,3-4,6,9-10H2,1-2H3,(H,18,21)(H2,19,20,22,25). The van der Waals surface area contributed by atoms with E-state index in [0.29, 0.717) is 17.8 Å². The van der Waals surface area contributed by atoms with Crippen LogP contribution in [0, 0.1) is 0 Å². The molecule has 0 fully saturated rings. The Morgan fingerprint density at radius 2 is 1.68 bits per heavy atom. The van der Waals surface area contributed by atoms with E-state index in [2.05, 4.69) is 16.0 Å². The van der Waals surface area contributed by atoms with Gasteiger partial charge in [-0.25, -0.2) is 0 Å². The molecule has 0 aromatic heterocycles. The smallest absolute Gasteiger partial charge is 0.306 e. The summed E-state index contributed by atoms with van der Waals surface area (Å²) in [6.07, 6.45) is 1.22. The Bertz CT molecular complexity index is 634. The number of esters is 1. The van der Waals surface area contributed by atoms with Crippen molar-refractivity contribution >= 4 is 46.5 Å². The number of nitrogens with one attached hydrogen (secondary N) is 3. The number of anilines is 2. The summed E-state index contributed by atoms with van der Waals surface area (Å²) in [7, 11) is 0. The maximum Gasteiger partial charge on any atom is 0.306 e. The van der Waals surface area contributed by atoms with Crippen LogP contribution in [0.4, 0.5) is 11.4 Å². The van der Waals surface area contributed by atoms with Crippen molar-refractivity contribution in [3.63, 3.8) is 0 Å². The minimum absolute atomic E-state index is 0.00122. The predicted octanol–water partition coefficient (Wildman–Crippen LogP) is 2.58. The monoisotopic (exact) mass is 365 g/mol. The van der Waals surface area contributed by atoms with Crippen LogP contribution in [0.5, 0.6) is 0 Å². The second-order valence-corrected chi connectivity index (χ2v) is 5.59. The highest BCUT2D eigenvalue weighted by molar-refractivity contribution is 7.80. The number of benzene rings is 1. The largest absolute Gasteiger partial charge is 0.466 e. The van der Waals surface area contributed by atoms with E-state index in [1.807, 2.05) is 6.92 Å². The zero-order valence-electron chi connectivity index (χ0n) is 14.4. The number of rotatable bonds is 8. The number of carbonyl (C=O) groups is 3. The van der Waals surface area contributed by atoms with Crippen LogP contribution in [0.1, 0.15) is 39.5 Å². The van der Waals surface area contributed by atoms with Gasteiger partial charge in [0.05, 0.1) is 13.0 Å². The first-order chi connectivity index (χ1) is 11.9. The van der Waals surface area contributed by atoms with Gasteiger partial charge in [-0.1, -0.05) is 13.0 Å². The van der Waals surface area contributed by atoms with Crippen molar-refractivity contribution in [1.82, 2.24) is 5.32 Å². The van der Waals surface area contributed by atoms with Gasteiger partial charge < -0.3 is 20.7 Å². The molecule has 0 unspecified atom stereocenters. The molecule has 0 aliphatic rings. The van der Waals surface area contributed by atoms with Crippen LogP contribution < -0.4 is 16.0 Å². The van der Waals surface area contributed by atoms with Crippen molar-refractivity contribution in [3.05, 3.63) is 24.3 Å². The molecule has 0 aliphatic heterocycles. The van der Waals surface area contributed by atoms with Crippen LogP contribution >= 0.6 is 12.2 Å². The van der Waals surface area contributed by atoms with E-state index in [1.54, 1.807) is 31.2 Å². The molecule has 0 saturated carbocycles. The Morgan fingerprint density at radius 1 is 1.00 bits per heavy atom. The average Bonchev–Trinajstić information content (AvgIpc) is 2.53. The van der Waals surface area contributed by atoms with Gasteiger partial charge in [0.2, 0.25) is 11.8 Å². The normalized spacial score (nSPS) is 9.84. The molecule has 8 heteroatoms. The number of carbonyl (C=O) groups excluding carboxylic acids is 3. The first-order valence-corrected chi connectivity index (χ1v) is 8.51. The summed E-state index contributed by atoms with van der Waals surface area (Å²) in [5.74, 6) is -0.862. The van der Waals surface area contributed by atoms with E-state index >= 15 is 0 Å². The minimum Gasteiger partial charge on any atom is -0.466 e. The molecule has 0 aliphatic carbocycles. The maximum atomic E-state index is 11.7. The molecule has 0 saturated heterocycles. The fraction of sp³-hybridized carbons (Fsp3) is 0.412. The third-order valence-electron chi connectivity index (χ3n) is 3.00. The van der Waals surface area contributed by atoms with Gasteiger partial charge in [0.15, 0.2) is 5.11 Å². The highest BCUT2D eigenvalue weighted by Crippen LogP contribution is 2.15. The Kier molecular flexibility index (Phi) is 9.16. The summed E-state index contributed by atoms with van der Waals surface area (Å²) in [4.78, 5) is 34.6. The number of hydrogen-bond acceptors (Lipinski definition) is 5. The molecular formula is C17H23N3O4S. The Hall–Kier alpha value is -2.48. The molecule has 3 N–H and O–H groups in total. The second kappa shape index (κ2) is 11.1. The predicted molar refractivity (Wildman–Crippen MR) is 100 cm³/mol. The third kappa shape index (κ3) is 8.80. The number of amides is 2. The molecular weight excluding hydrogens is 342 g/mol. The van der Waals surface area contributed by atoms with E-state index in [-0.39, 0.29) is 36.4 Å². The van der Waals surface area contributed by atoms with Crippen LogP contribution in [0.15, 0.2) is 24.3 Å². The lowest BCUT2D eigenvalue weighted by Gasteiger charge is -2.11. The van der Waals surface area contributed by atoms with Gasteiger partial charge in [-0.05, 0) is 43.8 Å². The SMILES string of the molecule is CCCC(=O)Nc1cccc(NC(=S)NC(=O)CCC(=O)OCC)c1. The van der Waals surface area contributed by atoms with E-state index in [1.165, 1.54) is 0 Å². The molecule has 25 heavy (non-hydrogen) atoms. The van der Waals surface area contributed by atoms with Gasteiger partial charge in [0.1, 0.15) is 0 Å². The summed E-state index contributed by atoms with van der Waals surface area (Å²) in [5.41, 5.74) is 1.27. The molecule has 0 spiro atoms. The average molecular weight is 365 g/mol. The summed E-state index contributed by atoms with van der Waals surface area (Å²) >= 11 is 5.07. The Balaban J connectivity index is 2.47. The Labute approximate surface area is 152 Å². The summed E-state index contributed by atoms with van der Waals surface area (Å²) < 4.78 is 4.75. The number of ether oxygens (including phenoxy) is 1. The topological polar surface area (TPSA) is 96.5 Å². The van der Waals surface area contributed by atoms with E-state index in [0.717, 1.165) is 6.42 Å². The van der Waals surface area contributed by atoms with Gasteiger partial charge in [-0.2, -0.15) is 0 Å². The molecule has 1 aromatic rings. The van der Waals surface area contributed by atoms with Crippen molar-refractivity contribution in [2.24, 2.45) is 0 Å². The molecule has 0 radical (unpaired) electrons. The Morgan fingerprint density at radius 3 is 2.32 bits per heavy atom. The van der Waals surface area contributed by atoms with Crippen molar-refractivity contribution < 1.29 is 19.1 Å². The van der Waals surface area contributed by atoms with Crippen LogP contribution in [-0.2, 0) is 19.1 Å². The second-order valence-electron chi connectivity index (χ2n) is 5.19. The van der Waals surface area contributed by atoms with Crippen molar-refractivity contribution in [2.75, 3.05) is 17.2 Å². The van der Waals surface area contributed by atoms with Gasteiger partial charge in [0.25, 0.3) is 0 Å². The summed E-state index contributed by atoms with van der Waals surface area (Å²) in [6.45, 7) is 3.92. The lowest BCUT2D eigenvalue weighted by Crippen LogP contribution is -2.34. The van der Waals surface area contributed by atoms with E-state index in [4.69, 9.17) is 17.0 Å². The molecule has 2 amide bonds. The van der Waals surface area contributed by atoms with Crippen LogP contribution in [0.25, 0.3) is 0 Å². The van der Waals surface area contributed by atoms with E-state index < -0.39 is 5.97 Å². The molecule has 136 valence electrons. The first-order valence-electron chi connectivity index (χ1n) is 8.11. The van der Waals surface area contributed by atoms with Crippen molar-refractivity contribution in [3.8, 4) is 0 Å². The zero-order valence-corrected chi connectivity index (χ0v) is 15.2. The summed E-state index contributed by atoms with van der Waals surface area (Å²) in [5, 5.41) is 8.25. The third-order valence-corrected chi connectivity index (χ3v) is 3.20. The van der Waals surface area contributed by atoms with Crippen LogP contribution in [0.3, 0.4) is 0 Å². The van der Waals surface area contributed by atoms with Gasteiger partial charge in [0, 0.05) is 24.2 Å². The lowest BCUT2D eigenvalue weighted by molar-refractivity contribution is -0.144. The quantitative estimate of drug-likeness (QED) is 0.484. The van der Waals surface area contributed by atoms with Crippen molar-refractivity contribution in [1.29, 1.82) is 0 Å². The molecule has 0 heterocycles. The number of hydrogen-bond donors (Lipinski definition) is 3. The van der Waals surface area contributed by atoms with E-state index in [9.17, 15) is 14.4 Å². The number of thiocarbonyl (C=S) groups is 1. The molecule has 1 aromatic carbocycles. The molecule has 0 atom stereocenters. The molecule has 7 nitrogen and oxygen atoms in total. The maximum absolute atomic E-state index is 11.7. The zero-order chi connectivity index (χ0) is 18.7. The summed E-state index contributed by atoms with van der Waals surface area (Å²) in [6, 6.07) is 6.99. The first kappa shape index (κ1) is 20.6. The van der Waals surface area contributed by atoms with Crippen LogP contribution in [-0.4, -0.2) is 29.5 Å². The molecule has 1 rings (SSSR count). The van der Waals surface area contributed by atoms with Gasteiger partial charge >= 0.3 is 5.97 Å². The van der Waals surface area contributed by atoms with Crippen molar-refractivity contribution in [2.45, 2.75) is 39.5 Å². The molecule has 0 bridgehead atoms. The highest BCUT2D eigenvalue weighted by atomic mass is 32.1. The fourth-order valence-corrected chi connectivity index (χ4v) is 2.16. The van der Waals surface area contributed by atoms with Gasteiger partial charge in [-0.3, -0.25) is 14.4 Å². The fourth-order valence-electron chi connectivity index (χ4n) is 1.93. The minimum atomic E-state index is -0.424. The lowest BCUT2D eigenvalue weighted by atomic mass is 10.2.